The summed E-state index contributed by atoms with van der Waals surface area (Å²) in [6, 6.07) is 7.02. The van der Waals surface area contributed by atoms with Crippen LogP contribution in [0.2, 0.25) is 0 Å². The first-order valence-electron chi connectivity index (χ1n) is 6.06. The van der Waals surface area contributed by atoms with Crippen molar-refractivity contribution < 1.29 is 9.18 Å². The maximum Gasteiger partial charge on any atom is 0.207 e. The number of carbonyl (C=O) groups is 1. The highest BCUT2D eigenvalue weighted by molar-refractivity contribution is 6.11. The zero-order chi connectivity index (χ0) is 14.3. The van der Waals surface area contributed by atoms with Gasteiger partial charge in [0.05, 0.1) is 0 Å². The Balaban J connectivity index is 3.14. The minimum absolute atomic E-state index is 0.00434. The van der Waals surface area contributed by atoms with Crippen LogP contribution in [0.4, 0.5) is 4.39 Å². The van der Waals surface area contributed by atoms with Crippen molar-refractivity contribution in [1.29, 1.82) is 5.26 Å². The second-order valence-electron chi connectivity index (χ2n) is 3.76. The van der Waals surface area contributed by atoms with Gasteiger partial charge in [-0.3, -0.25) is 4.79 Å². The number of ketones is 1. The van der Waals surface area contributed by atoms with Crippen molar-refractivity contribution >= 4 is 5.78 Å². The summed E-state index contributed by atoms with van der Waals surface area (Å²) in [6.45, 7) is 4.91. The number of nitriles is 1. The van der Waals surface area contributed by atoms with E-state index in [1.165, 1.54) is 24.3 Å². The largest absolute Gasteiger partial charge is 0.371 e. The molecule has 0 saturated carbocycles. The fourth-order valence-electron chi connectivity index (χ4n) is 1.56. The van der Waals surface area contributed by atoms with Gasteiger partial charge in [-0.1, -0.05) is 0 Å². The average molecular weight is 261 g/mol. The average Bonchev–Trinajstić information content (AvgIpc) is 2.40. The summed E-state index contributed by atoms with van der Waals surface area (Å²) < 4.78 is 12.8. The van der Waals surface area contributed by atoms with Gasteiger partial charge in [0.15, 0.2) is 0 Å². The molecule has 0 amide bonds. The van der Waals surface area contributed by atoms with Gasteiger partial charge in [0, 0.05) is 18.7 Å². The molecule has 0 atom stereocenters. The van der Waals surface area contributed by atoms with Gasteiger partial charge in [0.25, 0.3) is 0 Å². The molecule has 4 nitrogen and oxygen atoms in total. The molecule has 1 rings (SSSR count). The van der Waals surface area contributed by atoms with Crippen molar-refractivity contribution in [3.05, 3.63) is 47.0 Å². The van der Waals surface area contributed by atoms with Crippen LogP contribution in [-0.2, 0) is 0 Å². The van der Waals surface area contributed by atoms with Gasteiger partial charge >= 0.3 is 0 Å². The summed E-state index contributed by atoms with van der Waals surface area (Å²) in [5.41, 5.74) is 0.279. The van der Waals surface area contributed by atoms with Crippen LogP contribution in [0.3, 0.4) is 0 Å². The molecule has 0 radical (unpaired) electrons. The van der Waals surface area contributed by atoms with E-state index in [1.54, 1.807) is 0 Å². The molecule has 1 aromatic carbocycles. The van der Waals surface area contributed by atoms with E-state index < -0.39 is 11.6 Å². The van der Waals surface area contributed by atoms with Gasteiger partial charge in [0.1, 0.15) is 23.3 Å². The predicted molar refractivity (Wildman–Crippen MR) is 70.7 cm³/mol. The first-order chi connectivity index (χ1) is 9.13. The van der Waals surface area contributed by atoms with E-state index in [-0.39, 0.29) is 11.1 Å². The lowest BCUT2D eigenvalue weighted by molar-refractivity contribution is 0.103. The van der Waals surface area contributed by atoms with Crippen molar-refractivity contribution in [3.8, 4) is 6.07 Å². The molecular formula is C14H16FN3O. The Labute approximate surface area is 111 Å². The topological polar surface area (TPSA) is 64.9 Å². The van der Waals surface area contributed by atoms with Crippen LogP contribution >= 0.6 is 0 Å². The number of benzene rings is 1. The fraction of sp³-hybridized carbons (Fsp3) is 0.286. The minimum Gasteiger partial charge on any atom is -0.371 e. The lowest BCUT2D eigenvalue weighted by Gasteiger charge is -2.12. The van der Waals surface area contributed by atoms with Crippen LogP contribution < -0.4 is 10.6 Å². The SMILES string of the molecule is CCNC(NCC)=C(C#N)C(=O)c1ccc(F)cc1. The Morgan fingerprint density at radius 2 is 1.74 bits per heavy atom. The number of carbonyl (C=O) groups excluding carboxylic acids is 1. The van der Waals surface area contributed by atoms with Gasteiger partial charge < -0.3 is 10.6 Å². The molecule has 100 valence electrons. The standard InChI is InChI=1S/C14H16FN3O/c1-3-17-14(18-4-2)12(9-16)13(19)10-5-7-11(15)8-6-10/h5-8,17-18H,3-4H2,1-2H3. The first kappa shape index (κ1) is 14.7. The third-order valence-electron chi connectivity index (χ3n) is 2.40. The van der Waals surface area contributed by atoms with E-state index in [0.29, 0.717) is 18.9 Å². The summed E-state index contributed by atoms with van der Waals surface area (Å²) in [4.78, 5) is 12.2. The molecule has 19 heavy (non-hydrogen) atoms. The predicted octanol–water partition coefficient (Wildman–Crippen LogP) is 1.96. The molecule has 0 bridgehead atoms. The van der Waals surface area contributed by atoms with E-state index in [4.69, 9.17) is 5.26 Å². The number of halogens is 1. The van der Waals surface area contributed by atoms with Crippen LogP contribution in [0.15, 0.2) is 35.7 Å². The van der Waals surface area contributed by atoms with Gasteiger partial charge in [-0.25, -0.2) is 4.39 Å². The lowest BCUT2D eigenvalue weighted by Crippen LogP contribution is -2.29. The summed E-state index contributed by atoms with van der Waals surface area (Å²) in [5.74, 6) is -0.446. The number of rotatable bonds is 6. The molecule has 1 aromatic rings. The molecular weight excluding hydrogens is 245 g/mol. The molecule has 0 spiro atoms. The Kier molecular flexibility index (Phi) is 5.55. The van der Waals surface area contributed by atoms with Crippen molar-refractivity contribution in [3.63, 3.8) is 0 Å². The van der Waals surface area contributed by atoms with Crippen molar-refractivity contribution in [2.45, 2.75) is 13.8 Å². The van der Waals surface area contributed by atoms with Gasteiger partial charge in [-0.15, -0.1) is 0 Å². The number of hydrogen-bond acceptors (Lipinski definition) is 4. The molecule has 0 unspecified atom stereocenters. The van der Waals surface area contributed by atoms with Crippen LogP contribution in [0.5, 0.6) is 0 Å². The fourth-order valence-corrected chi connectivity index (χ4v) is 1.56. The zero-order valence-corrected chi connectivity index (χ0v) is 11.0. The second kappa shape index (κ2) is 7.17. The highest BCUT2D eigenvalue weighted by atomic mass is 19.1. The van der Waals surface area contributed by atoms with Gasteiger partial charge in [-0.2, -0.15) is 5.26 Å². The van der Waals surface area contributed by atoms with Gasteiger partial charge in [0.2, 0.25) is 5.78 Å². The molecule has 0 aliphatic heterocycles. The Morgan fingerprint density at radius 1 is 1.21 bits per heavy atom. The summed E-state index contributed by atoms with van der Waals surface area (Å²) in [7, 11) is 0. The molecule has 2 N–H and O–H groups in total. The Bertz CT molecular complexity index is 506. The van der Waals surface area contributed by atoms with E-state index in [9.17, 15) is 9.18 Å². The monoisotopic (exact) mass is 261 g/mol. The van der Waals surface area contributed by atoms with Crippen LogP contribution in [-0.4, -0.2) is 18.9 Å². The molecule has 0 aliphatic carbocycles. The molecule has 0 aliphatic rings. The highest BCUT2D eigenvalue weighted by Gasteiger charge is 2.17. The molecule has 0 aromatic heterocycles. The van der Waals surface area contributed by atoms with E-state index in [0.717, 1.165) is 0 Å². The number of Topliss-reactive ketones (excluding diaryl/α,β-unsaturated/α-hetero) is 1. The van der Waals surface area contributed by atoms with Crippen LogP contribution in [0.25, 0.3) is 0 Å². The Morgan fingerprint density at radius 3 is 2.16 bits per heavy atom. The molecule has 0 fully saturated rings. The van der Waals surface area contributed by atoms with Gasteiger partial charge in [-0.05, 0) is 38.1 Å². The van der Waals surface area contributed by atoms with Crippen molar-refractivity contribution in [1.82, 2.24) is 10.6 Å². The molecule has 5 heteroatoms. The quantitative estimate of drug-likeness (QED) is 0.467. The zero-order valence-electron chi connectivity index (χ0n) is 11.0. The normalized spacial score (nSPS) is 9.37. The minimum atomic E-state index is -0.431. The summed E-state index contributed by atoms with van der Waals surface area (Å²) in [5, 5.41) is 15.0. The molecule has 0 saturated heterocycles. The maximum atomic E-state index is 12.8. The first-order valence-corrected chi connectivity index (χ1v) is 6.06. The number of nitrogens with zero attached hydrogens (tertiary/aromatic N) is 1. The lowest BCUT2D eigenvalue weighted by atomic mass is 10.0. The van der Waals surface area contributed by atoms with Crippen LogP contribution in [0.1, 0.15) is 24.2 Å². The smallest absolute Gasteiger partial charge is 0.207 e. The van der Waals surface area contributed by atoms with E-state index in [2.05, 4.69) is 10.6 Å². The number of allylic oxidation sites excluding steroid dienone is 1. The third-order valence-corrected chi connectivity index (χ3v) is 2.40. The van der Waals surface area contributed by atoms with Crippen molar-refractivity contribution in [2.75, 3.05) is 13.1 Å². The second-order valence-corrected chi connectivity index (χ2v) is 3.76. The Hall–Kier alpha value is -2.35. The molecule has 0 heterocycles. The maximum absolute atomic E-state index is 12.8. The van der Waals surface area contributed by atoms with Crippen LogP contribution in [0, 0.1) is 17.1 Å². The van der Waals surface area contributed by atoms with E-state index in [1.807, 2.05) is 19.9 Å². The number of nitrogens with one attached hydrogen (secondary N) is 2. The highest BCUT2D eigenvalue weighted by Crippen LogP contribution is 2.11. The van der Waals surface area contributed by atoms with Crippen molar-refractivity contribution in [2.24, 2.45) is 0 Å². The number of hydrogen-bond donors (Lipinski definition) is 2. The third kappa shape index (κ3) is 3.81. The van der Waals surface area contributed by atoms with E-state index >= 15 is 0 Å². The summed E-state index contributed by atoms with van der Waals surface area (Å²) >= 11 is 0. The summed E-state index contributed by atoms with van der Waals surface area (Å²) in [6.07, 6.45) is 0.